The van der Waals surface area contributed by atoms with Crippen LogP contribution in [-0.2, 0) is 13.2 Å². The molecule has 0 saturated heterocycles. The molecule has 0 bridgehead atoms. The minimum Gasteiger partial charge on any atom is -0.493 e. The second-order valence-corrected chi connectivity index (χ2v) is 8.30. The molecular formula is C25H25Cl3N2O4. The number of rotatable bonds is 11. The van der Waals surface area contributed by atoms with E-state index < -0.39 is 0 Å². The lowest BCUT2D eigenvalue weighted by Gasteiger charge is -2.15. The molecule has 0 amide bonds. The van der Waals surface area contributed by atoms with Gasteiger partial charge in [-0.3, -0.25) is 0 Å². The molecule has 1 N–H and O–H groups in total. The normalized spacial score (nSPS) is 10.9. The maximum Gasteiger partial charge on any atom is 0.180 e. The van der Waals surface area contributed by atoms with E-state index in [9.17, 15) is 0 Å². The summed E-state index contributed by atoms with van der Waals surface area (Å²) in [5.74, 6) is 2.31. The molecule has 9 heteroatoms. The fourth-order valence-electron chi connectivity index (χ4n) is 3.10. The second-order valence-electron chi connectivity index (χ2n) is 7.08. The lowest BCUT2D eigenvalue weighted by molar-refractivity contribution is 0.269. The van der Waals surface area contributed by atoms with Crippen LogP contribution in [0.4, 0.5) is 0 Å². The fraction of sp³-hybridized carbons (Fsp3) is 0.240. The van der Waals surface area contributed by atoms with Gasteiger partial charge in [0.2, 0.25) is 0 Å². The van der Waals surface area contributed by atoms with Gasteiger partial charge in [-0.05, 0) is 60.0 Å². The molecule has 0 spiro atoms. The number of methoxy groups -OCH3 is 2. The van der Waals surface area contributed by atoms with E-state index in [1.807, 2.05) is 37.3 Å². The first-order valence-corrected chi connectivity index (χ1v) is 11.6. The second kappa shape index (κ2) is 12.6. The summed E-state index contributed by atoms with van der Waals surface area (Å²) in [6, 6.07) is 14.6. The van der Waals surface area contributed by atoms with Crippen LogP contribution in [0.5, 0.6) is 23.0 Å². The SMILES string of the molecule is CCOc1cc(/C=N/NCc2ccc(OC)c(OC)c2)cc(Cl)c1OCc1ccc(Cl)c(Cl)c1. The van der Waals surface area contributed by atoms with E-state index in [1.165, 1.54) is 0 Å². The van der Waals surface area contributed by atoms with Crippen molar-refractivity contribution in [3.8, 4) is 23.0 Å². The highest BCUT2D eigenvalue weighted by Gasteiger charge is 2.13. The molecule has 0 radical (unpaired) electrons. The smallest absolute Gasteiger partial charge is 0.180 e. The van der Waals surface area contributed by atoms with Crippen molar-refractivity contribution in [1.82, 2.24) is 5.43 Å². The molecule has 0 atom stereocenters. The van der Waals surface area contributed by atoms with Crippen LogP contribution in [-0.4, -0.2) is 27.0 Å². The van der Waals surface area contributed by atoms with E-state index in [2.05, 4.69) is 10.5 Å². The van der Waals surface area contributed by atoms with E-state index >= 15 is 0 Å². The Balaban J connectivity index is 1.68. The molecule has 0 heterocycles. The van der Waals surface area contributed by atoms with Crippen molar-refractivity contribution in [3.05, 3.63) is 80.3 Å². The molecule has 0 unspecified atom stereocenters. The minimum atomic E-state index is 0.261. The van der Waals surface area contributed by atoms with Crippen molar-refractivity contribution in [2.24, 2.45) is 5.10 Å². The molecule has 180 valence electrons. The van der Waals surface area contributed by atoms with Gasteiger partial charge in [0.15, 0.2) is 23.0 Å². The Kier molecular flexibility index (Phi) is 9.57. The van der Waals surface area contributed by atoms with Crippen LogP contribution in [0.1, 0.15) is 23.6 Å². The van der Waals surface area contributed by atoms with Gasteiger partial charge in [-0.25, -0.2) is 0 Å². The van der Waals surface area contributed by atoms with E-state index in [4.69, 9.17) is 53.8 Å². The molecule has 3 aromatic rings. The fourth-order valence-corrected chi connectivity index (χ4v) is 3.69. The van der Waals surface area contributed by atoms with E-state index in [1.54, 1.807) is 38.6 Å². The largest absolute Gasteiger partial charge is 0.493 e. The molecule has 0 fully saturated rings. The Morgan fingerprint density at radius 1 is 0.794 bits per heavy atom. The zero-order valence-corrected chi connectivity index (χ0v) is 21.3. The van der Waals surface area contributed by atoms with Gasteiger partial charge in [-0.1, -0.05) is 46.9 Å². The number of nitrogens with zero attached hydrogens (tertiary/aromatic N) is 1. The van der Waals surface area contributed by atoms with Crippen LogP contribution in [0, 0.1) is 0 Å². The first-order chi connectivity index (χ1) is 16.4. The topological polar surface area (TPSA) is 61.3 Å². The highest BCUT2D eigenvalue weighted by atomic mass is 35.5. The first-order valence-electron chi connectivity index (χ1n) is 10.4. The summed E-state index contributed by atoms with van der Waals surface area (Å²) in [7, 11) is 3.20. The lowest BCUT2D eigenvalue weighted by Crippen LogP contribution is -2.06. The van der Waals surface area contributed by atoms with Crippen LogP contribution < -0.4 is 24.4 Å². The standard InChI is InChI=1S/C25H25Cl3N2O4/c1-4-33-24-12-18(14-30-29-13-16-6-8-22(31-2)23(11-16)32-3)10-21(28)25(24)34-15-17-5-7-19(26)20(27)9-17/h5-12,14,29H,4,13,15H2,1-3H3/b30-14+. The van der Waals surface area contributed by atoms with Crippen LogP contribution in [0.3, 0.4) is 0 Å². The van der Waals surface area contributed by atoms with Crippen molar-refractivity contribution >= 4 is 41.0 Å². The molecule has 0 aliphatic carbocycles. The molecule has 0 saturated carbocycles. The van der Waals surface area contributed by atoms with E-state index in [0.29, 0.717) is 51.2 Å². The minimum absolute atomic E-state index is 0.261. The predicted molar refractivity (Wildman–Crippen MR) is 137 cm³/mol. The zero-order chi connectivity index (χ0) is 24.5. The number of nitrogens with one attached hydrogen (secondary N) is 1. The number of halogens is 3. The highest BCUT2D eigenvalue weighted by molar-refractivity contribution is 6.42. The van der Waals surface area contributed by atoms with E-state index in [-0.39, 0.29) is 6.61 Å². The summed E-state index contributed by atoms with van der Waals surface area (Å²) in [5.41, 5.74) is 5.63. The lowest BCUT2D eigenvalue weighted by atomic mass is 10.2. The van der Waals surface area contributed by atoms with Gasteiger partial charge in [0.05, 0.1) is 48.7 Å². The molecular weight excluding hydrogens is 499 g/mol. The van der Waals surface area contributed by atoms with Crippen molar-refractivity contribution in [2.45, 2.75) is 20.1 Å². The molecule has 0 aliphatic heterocycles. The monoisotopic (exact) mass is 522 g/mol. The van der Waals surface area contributed by atoms with Crippen LogP contribution in [0.15, 0.2) is 53.6 Å². The third-order valence-electron chi connectivity index (χ3n) is 4.73. The number of benzene rings is 3. The molecule has 34 heavy (non-hydrogen) atoms. The summed E-state index contributed by atoms with van der Waals surface area (Å²) in [4.78, 5) is 0. The Morgan fingerprint density at radius 2 is 1.56 bits per heavy atom. The Morgan fingerprint density at radius 3 is 2.26 bits per heavy atom. The van der Waals surface area contributed by atoms with E-state index in [0.717, 1.165) is 16.7 Å². The molecule has 3 rings (SSSR count). The molecule has 0 aromatic heterocycles. The van der Waals surface area contributed by atoms with Gasteiger partial charge in [0.25, 0.3) is 0 Å². The quantitative estimate of drug-likeness (QED) is 0.222. The number of hydrogen-bond acceptors (Lipinski definition) is 6. The molecule has 0 aliphatic rings. The summed E-state index contributed by atoms with van der Waals surface area (Å²) >= 11 is 18.6. The van der Waals surface area contributed by atoms with Crippen molar-refractivity contribution in [2.75, 3.05) is 20.8 Å². The highest BCUT2D eigenvalue weighted by Crippen LogP contribution is 2.37. The Hall–Kier alpha value is -2.80. The molecule has 3 aromatic carbocycles. The van der Waals surface area contributed by atoms with Crippen molar-refractivity contribution < 1.29 is 18.9 Å². The summed E-state index contributed by atoms with van der Waals surface area (Å²) in [5, 5.41) is 5.65. The number of hydrogen-bond donors (Lipinski definition) is 1. The summed E-state index contributed by atoms with van der Waals surface area (Å²) < 4.78 is 22.3. The van der Waals surface area contributed by atoms with Crippen molar-refractivity contribution in [1.29, 1.82) is 0 Å². The molecule has 6 nitrogen and oxygen atoms in total. The van der Waals surface area contributed by atoms with Crippen LogP contribution >= 0.6 is 34.8 Å². The van der Waals surface area contributed by atoms with Gasteiger partial charge < -0.3 is 24.4 Å². The summed E-state index contributed by atoms with van der Waals surface area (Å²) in [6.07, 6.45) is 1.66. The first kappa shape index (κ1) is 25.8. The van der Waals surface area contributed by atoms with Gasteiger partial charge >= 0.3 is 0 Å². The maximum atomic E-state index is 6.50. The average Bonchev–Trinajstić information content (AvgIpc) is 2.83. The predicted octanol–water partition coefficient (Wildman–Crippen LogP) is 6.77. The van der Waals surface area contributed by atoms with Crippen LogP contribution in [0.2, 0.25) is 15.1 Å². The average molecular weight is 524 g/mol. The maximum absolute atomic E-state index is 6.50. The van der Waals surface area contributed by atoms with Gasteiger partial charge in [-0.15, -0.1) is 0 Å². The zero-order valence-electron chi connectivity index (χ0n) is 19.0. The number of hydrazone groups is 1. The Bertz CT molecular complexity index is 1160. The van der Waals surface area contributed by atoms with Gasteiger partial charge in [0.1, 0.15) is 6.61 Å². The number of ether oxygens (including phenoxy) is 4. The van der Waals surface area contributed by atoms with Gasteiger partial charge in [0, 0.05) is 0 Å². The third-order valence-corrected chi connectivity index (χ3v) is 5.75. The van der Waals surface area contributed by atoms with Crippen LogP contribution in [0.25, 0.3) is 0 Å². The third kappa shape index (κ3) is 6.86. The van der Waals surface area contributed by atoms with Crippen molar-refractivity contribution in [3.63, 3.8) is 0 Å². The Labute approximate surface area is 214 Å². The summed E-state index contributed by atoms with van der Waals surface area (Å²) in [6.45, 7) is 3.12. The van der Waals surface area contributed by atoms with Gasteiger partial charge in [-0.2, -0.15) is 5.10 Å².